The molecule has 7 heteroatoms. The molecule has 0 radical (unpaired) electrons. The third-order valence-electron chi connectivity index (χ3n) is 2.40. The van der Waals surface area contributed by atoms with Crippen LogP contribution in [0.1, 0.15) is 22.1 Å². The number of nitrogens with one attached hydrogen (secondary N) is 1. The van der Waals surface area contributed by atoms with Gasteiger partial charge in [-0.1, -0.05) is 18.2 Å². The maximum absolute atomic E-state index is 13.6. The average molecular weight is 280 g/mol. The van der Waals surface area contributed by atoms with Crippen LogP contribution < -0.4 is 5.32 Å². The summed E-state index contributed by atoms with van der Waals surface area (Å²) in [5, 5.41) is 12.8. The van der Waals surface area contributed by atoms with Gasteiger partial charge in [-0.25, -0.2) is 14.2 Å². The second-order valence-electron chi connectivity index (χ2n) is 3.64. The number of amides is 1. The predicted molar refractivity (Wildman–Crippen MR) is 66.4 cm³/mol. The Labute approximate surface area is 111 Å². The van der Waals surface area contributed by atoms with E-state index >= 15 is 0 Å². The molecule has 0 spiro atoms. The van der Waals surface area contributed by atoms with Gasteiger partial charge in [-0.05, 0) is 6.07 Å². The highest BCUT2D eigenvalue weighted by Gasteiger charge is 2.25. The number of aromatic nitrogens is 1. The minimum atomic E-state index is -1.45. The summed E-state index contributed by atoms with van der Waals surface area (Å²) >= 11 is 1.21. The maximum Gasteiger partial charge on any atom is 0.331 e. The lowest BCUT2D eigenvalue weighted by atomic mass is 10.1. The molecule has 1 aromatic heterocycles. The Morgan fingerprint density at radius 2 is 2.11 bits per heavy atom. The number of nitrogens with zero attached hydrogens (tertiary/aromatic N) is 1. The zero-order chi connectivity index (χ0) is 13.8. The lowest BCUT2D eigenvalue weighted by Crippen LogP contribution is -2.34. The van der Waals surface area contributed by atoms with Crippen LogP contribution in [0.4, 0.5) is 4.39 Å². The standard InChI is InChI=1S/C12H9FN2O3S/c13-8-4-2-1-3-7(8)10(12(17)18)15-11(16)9-5-19-6-14-9/h1-6,10H,(H,15,16)(H,17,18)/t10-/m0/s1. The fourth-order valence-electron chi connectivity index (χ4n) is 1.51. The van der Waals surface area contributed by atoms with E-state index < -0.39 is 23.7 Å². The second-order valence-corrected chi connectivity index (χ2v) is 4.36. The zero-order valence-corrected chi connectivity index (χ0v) is 10.4. The highest BCUT2D eigenvalue weighted by molar-refractivity contribution is 7.07. The van der Waals surface area contributed by atoms with Crippen molar-refractivity contribution < 1.29 is 19.1 Å². The van der Waals surface area contributed by atoms with Crippen molar-refractivity contribution in [3.05, 3.63) is 52.2 Å². The molecule has 0 aliphatic rings. The molecule has 19 heavy (non-hydrogen) atoms. The van der Waals surface area contributed by atoms with Crippen LogP contribution in [0.5, 0.6) is 0 Å². The summed E-state index contributed by atoms with van der Waals surface area (Å²) in [5.41, 5.74) is 1.46. The first-order valence-corrected chi connectivity index (χ1v) is 6.20. The van der Waals surface area contributed by atoms with Crippen LogP contribution in [-0.4, -0.2) is 22.0 Å². The average Bonchev–Trinajstić information content (AvgIpc) is 2.90. The topological polar surface area (TPSA) is 79.3 Å². The summed E-state index contributed by atoms with van der Waals surface area (Å²) in [6.45, 7) is 0. The number of carboxylic acids is 1. The Balaban J connectivity index is 2.25. The number of rotatable bonds is 4. The molecule has 2 rings (SSSR count). The first-order chi connectivity index (χ1) is 9.09. The van der Waals surface area contributed by atoms with Gasteiger partial charge in [0.2, 0.25) is 0 Å². The molecular weight excluding hydrogens is 271 g/mol. The first-order valence-electron chi connectivity index (χ1n) is 5.26. The maximum atomic E-state index is 13.6. The third kappa shape index (κ3) is 2.94. The minimum absolute atomic E-state index is 0.0985. The van der Waals surface area contributed by atoms with Gasteiger partial charge in [-0.3, -0.25) is 4.79 Å². The van der Waals surface area contributed by atoms with Crippen LogP contribution >= 0.6 is 11.3 Å². The fraction of sp³-hybridized carbons (Fsp3) is 0.0833. The number of carbonyl (C=O) groups excluding carboxylic acids is 1. The normalized spacial score (nSPS) is 11.8. The zero-order valence-electron chi connectivity index (χ0n) is 9.54. The van der Waals surface area contributed by atoms with E-state index in [4.69, 9.17) is 5.11 Å². The molecule has 0 fully saturated rings. The van der Waals surface area contributed by atoms with Crippen LogP contribution in [0.25, 0.3) is 0 Å². The molecule has 1 amide bonds. The summed E-state index contributed by atoms with van der Waals surface area (Å²) in [6, 6.07) is 3.95. The van der Waals surface area contributed by atoms with Gasteiger partial charge in [0, 0.05) is 10.9 Å². The highest BCUT2D eigenvalue weighted by Crippen LogP contribution is 2.17. The lowest BCUT2D eigenvalue weighted by molar-refractivity contribution is -0.139. The molecule has 98 valence electrons. The van der Waals surface area contributed by atoms with E-state index in [-0.39, 0.29) is 11.3 Å². The summed E-state index contributed by atoms with van der Waals surface area (Å²) in [6.07, 6.45) is 0. The first kappa shape index (κ1) is 13.2. The summed E-state index contributed by atoms with van der Waals surface area (Å²) in [4.78, 5) is 26.7. The Kier molecular flexibility index (Phi) is 3.86. The molecule has 1 atom stereocenters. The number of benzene rings is 1. The summed E-state index contributed by atoms with van der Waals surface area (Å²) in [5.74, 6) is -2.68. The summed E-state index contributed by atoms with van der Waals surface area (Å²) < 4.78 is 13.6. The molecule has 0 saturated heterocycles. The van der Waals surface area contributed by atoms with Gasteiger partial charge in [-0.2, -0.15) is 0 Å². The highest BCUT2D eigenvalue weighted by atomic mass is 32.1. The van der Waals surface area contributed by atoms with E-state index in [0.717, 1.165) is 6.07 Å². The van der Waals surface area contributed by atoms with Gasteiger partial charge in [0.1, 0.15) is 11.5 Å². The van der Waals surface area contributed by atoms with Gasteiger partial charge >= 0.3 is 5.97 Å². The van der Waals surface area contributed by atoms with E-state index in [1.807, 2.05) is 0 Å². The second kappa shape index (κ2) is 5.57. The largest absolute Gasteiger partial charge is 0.479 e. The molecular formula is C12H9FN2O3S. The monoisotopic (exact) mass is 280 g/mol. The van der Waals surface area contributed by atoms with Crippen molar-refractivity contribution in [2.75, 3.05) is 0 Å². The van der Waals surface area contributed by atoms with E-state index in [0.29, 0.717) is 0 Å². The minimum Gasteiger partial charge on any atom is -0.479 e. The quantitative estimate of drug-likeness (QED) is 0.895. The van der Waals surface area contributed by atoms with Crippen molar-refractivity contribution in [1.29, 1.82) is 0 Å². The van der Waals surface area contributed by atoms with E-state index in [1.165, 1.54) is 40.4 Å². The number of carboxylic acid groups (broad SMARTS) is 1. The van der Waals surface area contributed by atoms with Crippen LogP contribution in [0.15, 0.2) is 35.2 Å². The van der Waals surface area contributed by atoms with Gasteiger partial charge in [-0.15, -0.1) is 11.3 Å². The molecule has 5 nitrogen and oxygen atoms in total. The molecule has 0 bridgehead atoms. The van der Waals surface area contributed by atoms with Crippen molar-refractivity contribution in [1.82, 2.24) is 10.3 Å². The van der Waals surface area contributed by atoms with Crippen molar-refractivity contribution in [3.8, 4) is 0 Å². The smallest absolute Gasteiger partial charge is 0.331 e. The molecule has 2 N–H and O–H groups in total. The van der Waals surface area contributed by atoms with E-state index in [1.54, 1.807) is 0 Å². The Morgan fingerprint density at radius 3 is 2.68 bits per heavy atom. The molecule has 0 saturated carbocycles. The van der Waals surface area contributed by atoms with Crippen LogP contribution in [0.3, 0.4) is 0 Å². The van der Waals surface area contributed by atoms with Gasteiger partial charge in [0.25, 0.3) is 5.91 Å². The number of halogens is 1. The molecule has 1 aromatic carbocycles. The van der Waals surface area contributed by atoms with Gasteiger partial charge in [0.05, 0.1) is 5.51 Å². The molecule has 1 heterocycles. The molecule has 0 aliphatic heterocycles. The van der Waals surface area contributed by atoms with Gasteiger partial charge in [0.15, 0.2) is 6.04 Å². The number of thiazole rings is 1. The van der Waals surface area contributed by atoms with Crippen LogP contribution in [-0.2, 0) is 4.79 Å². The number of hydrogen-bond donors (Lipinski definition) is 2. The van der Waals surface area contributed by atoms with Crippen molar-refractivity contribution in [2.24, 2.45) is 0 Å². The Morgan fingerprint density at radius 1 is 1.37 bits per heavy atom. The molecule has 0 unspecified atom stereocenters. The summed E-state index contributed by atoms with van der Waals surface area (Å²) in [7, 11) is 0. The Bertz CT molecular complexity index is 601. The van der Waals surface area contributed by atoms with Crippen molar-refractivity contribution in [3.63, 3.8) is 0 Å². The number of aliphatic carboxylic acids is 1. The SMILES string of the molecule is O=C(N[C@H](C(=O)O)c1ccccc1F)c1cscn1. The molecule has 0 aliphatic carbocycles. The number of hydrogen-bond acceptors (Lipinski definition) is 4. The third-order valence-corrected chi connectivity index (χ3v) is 2.99. The Hall–Kier alpha value is -2.28. The number of carbonyl (C=O) groups is 2. The fourth-order valence-corrected chi connectivity index (χ4v) is 2.04. The lowest BCUT2D eigenvalue weighted by Gasteiger charge is -2.14. The van der Waals surface area contributed by atoms with E-state index in [2.05, 4.69) is 10.3 Å². The van der Waals surface area contributed by atoms with Crippen LogP contribution in [0.2, 0.25) is 0 Å². The van der Waals surface area contributed by atoms with Gasteiger partial charge < -0.3 is 10.4 Å². The van der Waals surface area contributed by atoms with Crippen LogP contribution in [0, 0.1) is 5.82 Å². The van der Waals surface area contributed by atoms with E-state index in [9.17, 15) is 14.0 Å². The van der Waals surface area contributed by atoms with Crippen molar-refractivity contribution in [2.45, 2.75) is 6.04 Å². The van der Waals surface area contributed by atoms with Crippen molar-refractivity contribution >= 4 is 23.2 Å². The molecule has 2 aromatic rings. The predicted octanol–water partition coefficient (Wildman–Crippen LogP) is 1.84.